The topological polar surface area (TPSA) is 338 Å². The number of phenolic OH excluding ortho intramolecular Hbond substituents is 2. The first-order valence-corrected chi connectivity index (χ1v) is 16.5. The highest BCUT2D eigenvalue weighted by Crippen LogP contribution is 2.41. The van der Waals surface area contributed by atoms with E-state index in [9.17, 15) is 66.1 Å². The summed E-state index contributed by atoms with van der Waals surface area (Å²) in [6, 6.07) is 5.70. The first-order valence-electron chi connectivity index (χ1n) is 16.5. The van der Waals surface area contributed by atoms with Gasteiger partial charge in [-0.1, -0.05) is 0 Å². The van der Waals surface area contributed by atoms with Crippen LogP contribution in [0.3, 0.4) is 0 Å². The average Bonchev–Trinajstić information content (AvgIpc) is 3.15. The van der Waals surface area contributed by atoms with Crippen LogP contribution in [-0.4, -0.2) is 174 Å². The molecule has 0 bridgehead atoms. The van der Waals surface area contributed by atoms with Gasteiger partial charge in [0.05, 0.1) is 26.9 Å². The number of phenols is 2. The zero-order chi connectivity index (χ0) is 39.2. The second kappa shape index (κ2) is 16.1. The standard InChI is InChI=1S/C33H40O21/c1-47-14-3-2-10(4-15(14)50-32-27(46)24(43)21(40)17(7-34)51-32)28-29(23(42)19-12(37)5-11(36)6-16(19)49-28)53-33-30(25(44)22(41)18(8-35)52-33)54-31-26(45)20(39)13(38)9-48-31/h2-6,13,17-18,20-22,24-27,30-41,43-46H,7-9H2,1H3/t13-,17-,18-,20+,21+,22+,24+,25+,26-,27-,30-,31+,32-,33+/m1/s1. The van der Waals surface area contributed by atoms with Crippen molar-refractivity contribution < 1.29 is 98.9 Å². The van der Waals surface area contributed by atoms with Gasteiger partial charge in [-0.05, 0) is 18.2 Å². The molecule has 4 heterocycles. The molecule has 21 heteroatoms. The monoisotopic (exact) mass is 772 g/mol. The zero-order valence-corrected chi connectivity index (χ0v) is 28.1. The van der Waals surface area contributed by atoms with Crippen molar-refractivity contribution in [3.8, 4) is 40.1 Å². The zero-order valence-electron chi connectivity index (χ0n) is 28.1. The lowest BCUT2D eigenvalue weighted by Crippen LogP contribution is -2.64. The van der Waals surface area contributed by atoms with E-state index < -0.39 is 140 Å². The van der Waals surface area contributed by atoms with Gasteiger partial charge in [0.25, 0.3) is 0 Å². The minimum atomic E-state index is -1.97. The molecule has 54 heavy (non-hydrogen) atoms. The lowest BCUT2D eigenvalue weighted by Gasteiger charge is -2.44. The molecule has 298 valence electrons. The Kier molecular flexibility index (Phi) is 11.8. The Morgan fingerprint density at radius 1 is 0.722 bits per heavy atom. The summed E-state index contributed by atoms with van der Waals surface area (Å²) in [5, 5.41) is 123. The molecule has 3 aliphatic heterocycles. The van der Waals surface area contributed by atoms with E-state index in [0.717, 1.165) is 12.1 Å². The summed E-state index contributed by atoms with van der Waals surface area (Å²) in [4.78, 5) is 14.2. The number of aromatic hydroxyl groups is 2. The molecule has 1 aromatic heterocycles. The quantitative estimate of drug-likeness (QED) is 0.0927. The van der Waals surface area contributed by atoms with E-state index in [1.54, 1.807) is 0 Å². The number of aliphatic hydroxyl groups excluding tert-OH is 10. The highest BCUT2D eigenvalue weighted by Gasteiger charge is 2.50. The van der Waals surface area contributed by atoms with Crippen molar-refractivity contribution in [1.82, 2.24) is 0 Å². The van der Waals surface area contributed by atoms with E-state index in [4.69, 9.17) is 37.6 Å². The summed E-state index contributed by atoms with van der Waals surface area (Å²) in [6.07, 6.45) is -24.4. The average molecular weight is 773 g/mol. The maximum atomic E-state index is 14.2. The molecule has 12 N–H and O–H groups in total. The summed E-state index contributed by atoms with van der Waals surface area (Å²) in [5.74, 6) is -2.69. The number of hydrogen-bond donors (Lipinski definition) is 12. The molecular formula is C33H40O21. The van der Waals surface area contributed by atoms with E-state index >= 15 is 0 Å². The van der Waals surface area contributed by atoms with Gasteiger partial charge in [-0.2, -0.15) is 0 Å². The number of fused-ring (bicyclic) bond motifs is 1. The van der Waals surface area contributed by atoms with Crippen LogP contribution in [0.2, 0.25) is 0 Å². The number of methoxy groups -OCH3 is 1. The van der Waals surface area contributed by atoms with Crippen LogP contribution in [0.15, 0.2) is 39.5 Å². The van der Waals surface area contributed by atoms with Gasteiger partial charge in [-0.3, -0.25) is 4.79 Å². The molecule has 3 aliphatic rings. The second-order valence-corrected chi connectivity index (χ2v) is 12.8. The highest BCUT2D eigenvalue weighted by molar-refractivity contribution is 5.88. The van der Waals surface area contributed by atoms with Gasteiger partial charge in [0.2, 0.25) is 23.8 Å². The van der Waals surface area contributed by atoms with Crippen molar-refractivity contribution >= 4 is 11.0 Å². The molecule has 6 rings (SSSR count). The molecule has 0 aliphatic carbocycles. The summed E-state index contributed by atoms with van der Waals surface area (Å²) < 4.78 is 45.2. The third-order valence-electron chi connectivity index (χ3n) is 9.24. The number of aliphatic hydroxyl groups is 10. The minimum absolute atomic E-state index is 0.00178. The molecule has 0 unspecified atom stereocenters. The van der Waals surface area contributed by atoms with Gasteiger partial charge in [-0.25, -0.2) is 0 Å². The fourth-order valence-electron chi connectivity index (χ4n) is 6.23. The van der Waals surface area contributed by atoms with E-state index in [2.05, 4.69) is 0 Å². The Morgan fingerprint density at radius 2 is 1.37 bits per heavy atom. The Labute approximate surface area is 303 Å². The first kappa shape index (κ1) is 39.8. The largest absolute Gasteiger partial charge is 0.508 e. The van der Waals surface area contributed by atoms with Gasteiger partial charge in [0, 0.05) is 17.7 Å². The summed E-state index contributed by atoms with van der Waals surface area (Å²) >= 11 is 0. The van der Waals surface area contributed by atoms with Crippen LogP contribution in [0.1, 0.15) is 0 Å². The van der Waals surface area contributed by atoms with Crippen molar-refractivity contribution in [2.45, 2.75) is 86.0 Å². The van der Waals surface area contributed by atoms with Crippen LogP contribution in [0.25, 0.3) is 22.3 Å². The van der Waals surface area contributed by atoms with Crippen molar-refractivity contribution in [3.63, 3.8) is 0 Å². The van der Waals surface area contributed by atoms with Crippen LogP contribution >= 0.6 is 0 Å². The third-order valence-corrected chi connectivity index (χ3v) is 9.24. The highest BCUT2D eigenvalue weighted by atomic mass is 16.8. The summed E-state index contributed by atoms with van der Waals surface area (Å²) in [6.45, 7) is -2.15. The van der Waals surface area contributed by atoms with Gasteiger partial charge in [-0.15, -0.1) is 0 Å². The molecule has 14 atom stereocenters. The van der Waals surface area contributed by atoms with E-state index in [1.807, 2.05) is 0 Å². The van der Waals surface area contributed by atoms with Crippen LogP contribution in [0.5, 0.6) is 28.7 Å². The van der Waals surface area contributed by atoms with Crippen molar-refractivity contribution in [1.29, 1.82) is 0 Å². The van der Waals surface area contributed by atoms with Gasteiger partial charge >= 0.3 is 0 Å². The van der Waals surface area contributed by atoms with Crippen molar-refractivity contribution in [3.05, 3.63) is 40.6 Å². The van der Waals surface area contributed by atoms with Gasteiger partial charge in [0.1, 0.15) is 83.5 Å². The first-order chi connectivity index (χ1) is 25.7. The predicted octanol–water partition coefficient (Wildman–Crippen LogP) is -4.30. The number of benzene rings is 2. The summed E-state index contributed by atoms with van der Waals surface area (Å²) in [5.41, 5.74) is -1.52. The van der Waals surface area contributed by atoms with Gasteiger partial charge in [0.15, 0.2) is 29.7 Å². The van der Waals surface area contributed by atoms with Crippen LogP contribution in [0.4, 0.5) is 0 Å². The Balaban J connectivity index is 1.44. The van der Waals surface area contributed by atoms with Crippen LogP contribution in [-0.2, 0) is 18.9 Å². The molecule has 3 aromatic rings. The number of rotatable bonds is 10. The molecule has 3 fully saturated rings. The lowest BCUT2D eigenvalue weighted by atomic mass is 9.98. The van der Waals surface area contributed by atoms with Crippen molar-refractivity contribution in [2.75, 3.05) is 26.9 Å². The van der Waals surface area contributed by atoms with E-state index in [0.29, 0.717) is 0 Å². The fraction of sp³-hybridized carbons (Fsp3) is 0.545. The van der Waals surface area contributed by atoms with Crippen molar-refractivity contribution in [2.24, 2.45) is 0 Å². The molecule has 2 aromatic carbocycles. The smallest absolute Gasteiger partial charge is 0.239 e. The Hall–Kier alpha value is -3.91. The number of ether oxygens (including phenoxy) is 7. The molecular weight excluding hydrogens is 732 g/mol. The predicted molar refractivity (Wildman–Crippen MR) is 173 cm³/mol. The third kappa shape index (κ3) is 7.39. The minimum Gasteiger partial charge on any atom is -0.508 e. The summed E-state index contributed by atoms with van der Waals surface area (Å²) in [7, 11) is 1.26. The van der Waals surface area contributed by atoms with Crippen LogP contribution < -0.4 is 19.6 Å². The maximum Gasteiger partial charge on any atom is 0.239 e. The van der Waals surface area contributed by atoms with Gasteiger partial charge < -0.3 is 98.9 Å². The normalized spacial score (nSPS) is 35.8. The molecule has 3 saturated heterocycles. The fourth-order valence-corrected chi connectivity index (χ4v) is 6.23. The molecule has 21 nitrogen and oxygen atoms in total. The van der Waals surface area contributed by atoms with E-state index in [1.165, 1.54) is 25.3 Å². The number of hydrogen-bond acceptors (Lipinski definition) is 21. The maximum absolute atomic E-state index is 14.2. The van der Waals surface area contributed by atoms with Crippen LogP contribution in [0, 0.1) is 0 Å². The SMILES string of the molecule is COc1ccc(-c2oc3cc(O)cc(O)c3c(=O)c2O[C@@H]2O[C@H](CO)[C@H](O)[C@H](O)[C@H]2O[C@@H]2OC[C@@H](O)[C@H](O)[C@H]2O)cc1O[C@@H]1O[C@H](CO)[C@H](O)[C@H](O)[C@H]1O. The lowest BCUT2D eigenvalue weighted by molar-refractivity contribution is -0.345. The van der Waals surface area contributed by atoms with E-state index in [-0.39, 0.29) is 22.6 Å². The molecule has 0 radical (unpaired) electrons. The Bertz CT molecular complexity index is 1830. The molecule has 0 spiro atoms. The Morgan fingerprint density at radius 3 is 2.04 bits per heavy atom. The molecule has 0 saturated carbocycles. The molecule has 0 amide bonds. The second-order valence-electron chi connectivity index (χ2n) is 12.8.